The van der Waals surface area contributed by atoms with Gasteiger partial charge < -0.3 is 14.8 Å². The molecule has 1 saturated carbocycles. The Morgan fingerprint density at radius 3 is 2.47 bits per heavy atom. The highest BCUT2D eigenvalue weighted by Gasteiger charge is 2.39. The van der Waals surface area contributed by atoms with Crippen molar-refractivity contribution in [2.75, 3.05) is 20.8 Å². The number of ether oxygens (including phenoxy) is 2. The third kappa shape index (κ3) is 3.85. The number of amides is 1. The number of halogens is 1. The van der Waals surface area contributed by atoms with Crippen molar-refractivity contribution in [1.82, 2.24) is 5.32 Å². The minimum atomic E-state index is -0.844. The van der Waals surface area contributed by atoms with Gasteiger partial charge in [0.2, 0.25) is 5.91 Å². The fraction of sp³-hybridized carbons (Fsp3) is 0.818. The van der Waals surface area contributed by atoms with Gasteiger partial charge in [0.15, 0.2) is 0 Å². The topological polar surface area (TPSA) is 64.6 Å². The monoisotopic (exact) mass is 263 g/mol. The fourth-order valence-electron chi connectivity index (χ4n) is 1.79. The van der Waals surface area contributed by atoms with Crippen LogP contribution in [0.2, 0.25) is 0 Å². The molecule has 5 nitrogen and oxygen atoms in total. The highest BCUT2D eigenvalue weighted by Crippen LogP contribution is 2.37. The van der Waals surface area contributed by atoms with E-state index >= 15 is 0 Å². The van der Waals surface area contributed by atoms with Gasteiger partial charge in [-0.15, -0.1) is 11.6 Å². The summed E-state index contributed by atoms with van der Waals surface area (Å²) in [5, 5.41) is 1.76. The maximum atomic E-state index is 11.6. The number of carbonyl (C=O) groups excluding carboxylic acids is 2. The number of alkyl halides is 1. The van der Waals surface area contributed by atoms with Crippen LogP contribution in [0.25, 0.3) is 0 Å². The summed E-state index contributed by atoms with van der Waals surface area (Å²) in [4.78, 5) is 22.6. The van der Waals surface area contributed by atoms with Crippen LogP contribution in [0.1, 0.15) is 25.7 Å². The van der Waals surface area contributed by atoms with Gasteiger partial charge in [0.1, 0.15) is 5.38 Å². The number of rotatable bonds is 6. The van der Waals surface area contributed by atoms with E-state index in [1.807, 2.05) is 0 Å². The van der Waals surface area contributed by atoms with Crippen molar-refractivity contribution in [1.29, 1.82) is 0 Å². The molecule has 0 aromatic rings. The van der Waals surface area contributed by atoms with Crippen LogP contribution in [0.4, 0.5) is 0 Å². The Labute approximate surface area is 106 Å². The Hall–Kier alpha value is -0.810. The third-order valence-electron chi connectivity index (χ3n) is 3.12. The molecule has 0 saturated heterocycles. The molecule has 1 unspecified atom stereocenters. The lowest BCUT2D eigenvalue weighted by Gasteiger charge is -2.39. The minimum Gasteiger partial charge on any atom is -0.468 e. The predicted octanol–water partition coefficient (Wildman–Crippen LogP) is 0.842. The van der Waals surface area contributed by atoms with Gasteiger partial charge >= 0.3 is 5.97 Å². The average molecular weight is 264 g/mol. The van der Waals surface area contributed by atoms with Gasteiger partial charge in [0.25, 0.3) is 0 Å². The highest BCUT2D eigenvalue weighted by atomic mass is 35.5. The first kappa shape index (κ1) is 14.3. The highest BCUT2D eigenvalue weighted by molar-refractivity contribution is 6.30. The fourth-order valence-corrected chi connectivity index (χ4v) is 1.96. The number of esters is 1. The van der Waals surface area contributed by atoms with Crippen LogP contribution < -0.4 is 5.32 Å². The third-order valence-corrected chi connectivity index (χ3v) is 3.45. The molecule has 1 atom stereocenters. The standard InChI is InChI=1S/C11H18ClNO4/c1-16-10(15)8(12)7-13-9(14)6-11(17-2)4-3-5-11/h8H,3-7H2,1-2H3,(H,13,14). The molecule has 1 fully saturated rings. The Morgan fingerprint density at radius 1 is 1.41 bits per heavy atom. The molecule has 1 rings (SSSR count). The van der Waals surface area contributed by atoms with E-state index in [4.69, 9.17) is 16.3 Å². The first-order chi connectivity index (χ1) is 8.03. The number of hydrogen-bond donors (Lipinski definition) is 1. The zero-order valence-corrected chi connectivity index (χ0v) is 10.9. The van der Waals surface area contributed by atoms with Crippen molar-refractivity contribution in [2.45, 2.75) is 36.7 Å². The zero-order valence-electron chi connectivity index (χ0n) is 10.1. The van der Waals surface area contributed by atoms with Crippen LogP contribution in [0.3, 0.4) is 0 Å². The number of carbonyl (C=O) groups is 2. The lowest BCUT2D eigenvalue weighted by Crippen LogP contribution is -2.45. The number of nitrogens with one attached hydrogen (secondary N) is 1. The molecule has 0 aromatic carbocycles. The molecule has 1 aliphatic rings. The van der Waals surface area contributed by atoms with Gasteiger partial charge in [0, 0.05) is 13.7 Å². The summed E-state index contributed by atoms with van der Waals surface area (Å²) in [6.07, 6.45) is 3.20. The molecule has 1 aliphatic carbocycles. The maximum Gasteiger partial charge on any atom is 0.325 e. The van der Waals surface area contributed by atoms with Crippen molar-refractivity contribution in [2.24, 2.45) is 0 Å². The van der Waals surface area contributed by atoms with Gasteiger partial charge in [-0.2, -0.15) is 0 Å². The van der Waals surface area contributed by atoms with Crippen LogP contribution in [-0.4, -0.2) is 43.6 Å². The molecule has 1 amide bonds. The predicted molar refractivity (Wildman–Crippen MR) is 62.9 cm³/mol. The van der Waals surface area contributed by atoms with Gasteiger partial charge in [-0.1, -0.05) is 0 Å². The van der Waals surface area contributed by atoms with E-state index in [0.29, 0.717) is 6.42 Å². The normalized spacial score (nSPS) is 19.0. The van der Waals surface area contributed by atoms with E-state index in [2.05, 4.69) is 10.1 Å². The van der Waals surface area contributed by atoms with Crippen LogP contribution >= 0.6 is 11.6 Å². The molecule has 17 heavy (non-hydrogen) atoms. The second kappa shape index (κ2) is 6.21. The van der Waals surface area contributed by atoms with Gasteiger partial charge in [-0.25, -0.2) is 0 Å². The summed E-state index contributed by atoms with van der Waals surface area (Å²) in [5.74, 6) is -0.696. The van der Waals surface area contributed by atoms with Gasteiger partial charge in [-0.05, 0) is 19.3 Å². The van der Waals surface area contributed by atoms with Crippen LogP contribution in [-0.2, 0) is 19.1 Å². The summed E-state index contributed by atoms with van der Waals surface area (Å²) >= 11 is 5.71. The Bertz CT molecular complexity index is 286. The number of hydrogen-bond acceptors (Lipinski definition) is 4. The van der Waals surface area contributed by atoms with Crippen molar-refractivity contribution in [3.8, 4) is 0 Å². The van der Waals surface area contributed by atoms with E-state index in [9.17, 15) is 9.59 Å². The summed E-state index contributed by atoms with van der Waals surface area (Å²) in [7, 11) is 2.87. The second-order valence-corrected chi connectivity index (χ2v) is 4.74. The largest absolute Gasteiger partial charge is 0.468 e. The van der Waals surface area contributed by atoms with E-state index in [-0.39, 0.29) is 18.1 Å². The van der Waals surface area contributed by atoms with Crippen LogP contribution in [0.15, 0.2) is 0 Å². The molecule has 1 N–H and O–H groups in total. The van der Waals surface area contributed by atoms with Crippen LogP contribution in [0, 0.1) is 0 Å². The van der Waals surface area contributed by atoms with E-state index < -0.39 is 11.3 Å². The summed E-state index contributed by atoms with van der Waals surface area (Å²) in [6, 6.07) is 0. The van der Waals surface area contributed by atoms with Crippen molar-refractivity contribution < 1.29 is 19.1 Å². The Kier molecular flexibility index (Phi) is 5.21. The first-order valence-corrected chi connectivity index (χ1v) is 6.00. The van der Waals surface area contributed by atoms with E-state index in [1.165, 1.54) is 7.11 Å². The smallest absolute Gasteiger partial charge is 0.325 e. The molecular weight excluding hydrogens is 246 g/mol. The molecule has 98 valence electrons. The lowest BCUT2D eigenvalue weighted by atomic mass is 9.77. The second-order valence-electron chi connectivity index (χ2n) is 4.21. The van der Waals surface area contributed by atoms with Crippen LogP contribution in [0.5, 0.6) is 0 Å². The van der Waals surface area contributed by atoms with Gasteiger partial charge in [0.05, 0.1) is 19.1 Å². The first-order valence-electron chi connectivity index (χ1n) is 5.57. The molecular formula is C11H18ClNO4. The summed E-state index contributed by atoms with van der Waals surface area (Å²) in [6.45, 7) is 0.0762. The Balaban J connectivity index is 2.28. The molecule has 0 heterocycles. The summed E-state index contributed by atoms with van der Waals surface area (Å²) in [5.41, 5.74) is -0.308. The van der Waals surface area contributed by atoms with E-state index in [1.54, 1.807) is 7.11 Å². The summed E-state index contributed by atoms with van der Waals surface area (Å²) < 4.78 is 9.79. The quantitative estimate of drug-likeness (QED) is 0.570. The van der Waals surface area contributed by atoms with Crippen molar-refractivity contribution >= 4 is 23.5 Å². The molecule has 0 spiro atoms. The minimum absolute atomic E-state index is 0.0762. The number of methoxy groups -OCH3 is 2. The SMILES string of the molecule is COC(=O)C(Cl)CNC(=O)CC1(OC)CCC1. The molecule has 0 radical (unpaired) electrons. The van der Waals surface area contributed by atoms with Gasteiger partial charge in [-0.3, -0.25) is 9.59 Å². The molecule has 0 bridgehead atoms. The average Bonchev–Trinajstić information content (AvgIpc) is 2.29. The Morgan fingerprint density at radius 2 is 2.06 bits per heavy atom. The van der Waals surface area contributed by atoms with Crippen molar-refractivity contribution in [3.05, 3.63) is 0 Å². The zero-order chi connectivity index (χ0) is 12.9. The maximum absolute atomic E-state index is 11.6. The molecule has 0 aromatic heterocycles. The molecule has 6 heteroatoms. The van der Waals surface area contributed by atoms with Crippen molar-refractivity contribution in [3.63, 3.8) is 0 Å². The molecule has 0 aliphatic heterocycles. The lowest BCUT2D eigenvalue weighted by molar-refractivity contribution is -0.140. The van der Waals surface area contributed by atoms with E-state index in [0.717, 1.165) is 19.3 Å².